The Labute approximate surface area is 124 Å². The second kappa shape index (κ2) is 6.39. The lowest BCUT2D eigenvalue weighted by Crippen LogP contribution is -2.35. The zero-order chi connectivity index (χ0) is 15.5. The lowest BCUT2D eigenvalue weighted by Gasteiger charge is -2.35. The van der Waals surface area contributed by atoms with Gasteiger partial charge >= 0.3 is 6.18 Å². The minimum atomic E-state index is -4.26. The van der Waals surface area contributed by atoms with E-state index in [0.717, 1.165) is 31.4 Å². The third kappa shape index (κ3) is 3.79. The standard InChI is InChI=1S/C17H24F3N/c1-3-12-21-15(16(2)10-4-5-11-16)13-6-8-14(9-7-13)17(18,19)20/h6-9,15,21H,3-5,10-12H2,1-2H3. The minimum absolute atomic E-state index is 0.141. The first-order valence-electron chi connectivity index (χ1n) is 7.77. The summed E-state index contributed by atoms with van der Waals surface area (Å²) in [6.45, 7) is 5.25. The molecule has 1 N–H and O–H groups in total. The van der Waals surface area contributed by atoms with Crippen LogP contribution in [0.15, 0.2) is 24.3 Å². The molecule has 1 atom stereocenters. The number of rotatable bonds is 5. The molecule has 0 aliphatic heterocycles. The van der Waals surface area contributed by atoms with Crippen LogP contribution in [0.5, 0.6) is 0 Å². The highest BCUT2D eigenvalue weighted by Crippen LogP contribution is 2.47. The Morgan fingerprint density at radius 3 is 2.19 bits per heavy atom. The van der Waals surface area contributed by atoms with Crippen molar-refractivity contribution >= 4 is 0 Å². The van der Waals surface area contributed by atoms with E-state index in [2.05, 4.69) is 19.2 Å². The van der Waals surface area contributed by atoms with Gasteiger partial charge in [-0.15, -0.1) is 0 Å². The molecule has 1 aliphatic carbocycles. The van der Waals surface area contributed by atoms with Gasteiger partial charge in [0.15, 0.2) is 0 Å². The largest absolute Gasteiger partial charge is 0.416 e. The number of hydrogen-bond donors (Lipinski definition) is 1. The van der Waals surface area contributed by atoms with Crippen LogP contribution in [0.25, 0.3) is 0 Å². The molecule has 0 radical (unpaired) electrons. The van der Waals surface area contributed by atoms with E-state index in [1.54, 1.807) is 12.1 Å². The Morgan fingerprint density at radius 1 is 1.14 bits per heavy atom. The van der Waals surface area contributed by atoms with E-state index in [0.29, 0.717) is 0 Å². The summed E-state index contributed by atoms with van der Waals surface area (Å²) in [5.74, 6) is 0. The van der Waals surface area contributed by atoms with Crippen LogP contribution in [0.2, 0.25) is 0 Å². The van der Waals surface area contributed by atoms with Crippen LogP contribution in [0, 0.1) is 5.41 Å². The van der Waals surface area contributed by atoms with Crippen LogP contribution in [0.1, 0.15) is 63.1 Å². The normalized spacial score (nSPS) is 19.7. The third-order valence-corrected chi connectivity index (χ3v) is 4.61. The second-order valence-electron chi connectivity index (χ2n) is 6.37. The highest BCUT2D eigenvalue weighted by Gasteiger charge is 2.38. The van der Waals surface area contributed by atoms with Gasteiger partial charge in [-0.3, -0.25) is 0 Å². The first kappa shape index (κ1) is 16.3. The summed E-state index contributed by atoms with van der Waals surface area (Å²) < 4.78 is 38.1. The summed E-state index contributed by atoms with van der Waals surface area (Å²) >= 11 is 0. The Kier molecular flexibility index (Phi) is 4.97. The van der Waals surface area contributed by atoms with Crippen molar-refractivity contribution in [3.63, 3.8) is 0 Å². The molecule has 1 nitrogen and oxygen atoms in total. The summed E-state index contributed by atoms with van der Waals surface area (Å²) in [7, 11) is 0. The van der Waals surface area contributed by atoms with Gasteiger partial charge in [-0.25, -0.2) is 0 Å². The van der Waals surface area contributed by atoms with Crippen molar-refractivity contribution in [1.29, 1.82) is 0 Å². The average molecular weight is 299 g/mol. The molecule has 1 aliphatic rings. The fourth-order valence-electron chi connectivity index (χ4n) is 3.39. The van der Waals surface area contributed by atoms with Gasteiger partial charge < -0.3 is 5.32 Å². The first-order valence-corrected chi connectivity index (χ1v) is 7.77. The Bertz CT molecular complexity index is 444. The lowest BCUT2D eigenvalue weighted by atomic mass is 9.77. The van der Waals surface area contributed by atoms with Gasteiger partial charge in [0.05, 0.1) is 5.56 Å². The van der Waals surface area contributed by atoms with Gasteiger partial charge in [0, 0.05) is 6.04 Å². The predicted octanol–water partition coefficient (Wildman–Crippen LogP) is 5.33. The highest BCUT2D eigenvalue weighted by molar-refractivity contribution is 5.28. The van der Waals surface area contributed by atoms with Gasteiger partial charge in [-0.2, -0.15) is 13.2 Å². The zero-order valence-corrected chi connectivity index (χ0v) is 12.8. The van der Waals surface area contributed by atoms with Gasteiger partial charge in [0.25, 0.3) is 0 Å². The molecule has 1 saturated carbocycles. The molecule has 0 amide bonds. The molecule has 0 spiro atoms. The Balaban J connectivity index is 2.24. The monoisotopic (exact) mass is 299 g/mol. The van der Waals surface area contributed by atoms with Gasteiger partial charge in [0.1, 0.15) is 0 Å². The Morgan fingerprint density at radius 2 is 1.71 bits per heavy atom. The van der Waals surface area contributed by atoms with Gasteiger partial charge in [-0.05, 0) is 48.9 Å². The first-order chi connectivity index (χ1) is 9.87. The van der Waals surface area contributed by atoms with Crippen molar-refractivity contribution in [2.75, 3.05) is 6.54 Å². The molecule has 0 bridgehead atoms. The molecule has 0 saturated heterocycles. The van der Waals surface area contributed by atoms with E-state index in [1.807, 2.05) is 0 Å². The number of hydrogen-bond acceptors (Lipinski definition) is 1. The van der Waals surface area contributed by atoms with Gasteiger partial charge in [0.2, 0.25) is 0 Å². The van der Waals surface area contributed by atoms with Crippen LogP contribution in [0.4, 0.5) is 13.2 Å². The number of halogens is 3. The summed E-state index contributed by atoms with van der Waals surface area (Å²) in [6, 6.07) is 5.82. The topological polar surface area (TPSA) is 12.0 Å². The minimum Gasteiger partial charge on any atom is -0.309 e. The van der Waals surface area contributed by atoms with Crippen LogP contribution < -0.4 is 5.32 Å². The molecular weight excluding hydrogens is 275 g/mol. The quantitative estimate of drug-likeness (QED) is 0.775. The maximum atomic E-state index is 12.7. The predicted molar refractivity (Wildman–Crippen MR) is 79.1 cm³/mol. The van der Waals surface area contributed by atoms with Crippen LogP contribution in [-0.4, -0.2) is 6.54 Å². The molecule has 2 rings (SSSR count). The van der Waals surface area contributed by atoms with E-state index < -0.39 is 11.7 Å². The molecule has 21 heavy (non-hydrogen) atoms. The maximum Gasteiger partial charge on any atom is 0.416 e. The SMILES string of the molecule is CCCNC(c1ccc(C(F)(F)F)cc1)C1(C)CCCC1. The summed E-state index contributed by atoms with van der Waals surface area (Å²) in [5.41, 5.74) is 0.549. The number of benzene rings is 1. The zero-order valence-electron chi connectivity index (χ0n) is 12.8. The van der Waals surface area contributed by atoms with E-state index in [4.69, 9.17) is 0 Å². The average Bonchev–Trinajstić information content (AvgIpc) is 2.86. The fourth-order valence-corrected chi connectivity index (χ4v) is 3.39. The molecule has 4 heteroatoms. The molecule has 0 aromatic heterocycles. The molecule has 118 valence electrons. The van der Waals surface area contributed by atoms with E-state index in [9.17, 15) is 13.2 Å². The van der Waals surface area contributed by atoms with Gasteiger partial charge in [-0.1, -0.05) is 38.8 Å². The third-order valence-electron chi connectivity index (χ3n) is 4.61. The van der Waals surface area contributed by atoms with E-state index in [1.165, 1.54) is 25.0 Å². The molecule has 1 fully saturated rings. The van der Waals surface area contributed by atoms with Crippen molar-refractivity contribution < 1.29 is 13.2 Å². The van der Waals surface area contributed by atoms with Crippen molar-refractivity contribution in [2.45, 2.75) is 58.2 Å². The fraction of sp³-hybridized carbons (Fsp3) is 0.647. The van der Waals surface area contributed by atoms with Crippen LogP contribution in [-0.2, 0) is 6.18 Å². The molecule has 1 aromatic carbocycles. The van der Waals surface area contributed by atoms with Crippen molar-refractivity contribution in [3.05, 3.63) is 35.4 Å². The maximum absolute atomic E-state index is 12.7. The smallest absolute Gasteiger partial charge is 0.309 e. The van der Waals surface area contributed by atoms with Crippen LogP contribution in [0.3, 0.4) is 0 Å². The molecule has 0 heterocycles. The molecule has 1 aromatic rings. The second-order valence-corrected chi connectivity index (χ2v) is 6.37. The number of alkyl halides is 3. The lowest BCUT2D eigenvalue weighted by molar-refractivity contribution is -0.137. The van der Waals surface area contributed by atoms with Crippen molar-refractivity contribution in [3.8, 4) is 0 Å². The van der Waals surface area contributed by atoms with Crippen molar-refractivity contribution in [1.82, 2.24) is 5.32 Å². The van der Waals surface area contributed by atoms with Crippen LogP contribution >= 0.6 is 0 Å². The Hall–Kier alpha value is -1.03. The van der Waals surface area contributed by atoms with E-state index >= 15 is 0 Å². The number of nitrogens with one attached hydrogen (secondary N) is 1. The van der Waals surface area contributed by atoms with Crippen molar-refractivity contribution in [2.24, 2.45) is 5.41 Å². The summed E-state index contributed by atoms with van der Waals surface area (Å²) in [6.07, 6.45) is 1.45. The van der Waals surface area contributed by atoms with E-state index in [-0.39, 0.29) is 11.5 Å². The summed E-state index contributed by atoms with van der Waals surface area (Å²) in [4.78, 5) is 0. The molecule has 1 unspecified atom stereocenters. The molecular formula is C17H24F3N. The summed E-state index contributed by atoms with van der Waals surface area (Å²) in [5, 5.41) is 3.55. The highest BCUT2D eigenvalue weighted by atomic mass is 19.4.